The summed E-state index contributed by atoms with van der Waals surface area (Å²) in [5, 5.41) is 16.0. The number of hydrogen-bond acceptors (Lipinski definition) is 8. The number of aromatic nitrogens is 2. The zero-order valence-corrected chi connectivity index (χ0v) is 23.7. The number of carbonyl (C=O) groups excluding carboxylic acids is 1. The van der Waals surface area contributed by atoms with E-state index in [1.54, 1.807) is 30.6 Å². The molecule has 0 bridgehead atoms. The first-order chi connectivity index (χ1) is 19.5. The molecule has 0 atom stereocenters. The second-order valence-corrected chi connectivity index (χ2v) is 12.3. The molecule has 1 aromatic carbocycles. The first kappa shape index (κ1) is 27.3. The van der Waals surface area contributed by atoms with Crippen molar-refractivity contribution < 1.29 is 9.53 Å². The van der Waals surface area contributed by atoms with E-state index in [-0.39, 0.29) is 18.1 Å². The third-order valence-electron chi connectivity index (χ3n) is 9.40. The van der Waals surface area contributed by atoms with Gasteiger partial charge in [0.05, 0.1) is 29.1 Å². The van der Waals surface area contributed by atoms with Crippen molar-refractivity contribution in [3.8, 4) is 11.8 Å². The maximum Gasteiger partial charge on any atom is 0.271 e. The van der Waals surface area contributed by atoms with Crippen LogP contribution >= 0.6 is 11.6 Å². The minimum absolute atomic E-state index is 0.0617. The van der Waals surface area contributed by atoms with E-state index in [4.69, 9.17) is 21.6 Å². The van der Waals surface area contributed by atoms with Gasteiger partial charge in [-0.05, 0) is 82.0 Å². The molecule has 212 valence electrons. The quantitative estimate of drug-likeness (QED) is 0.547. The largest absolute Gasteiger partial charge is 0.490 e. The topological polar surface area (TPSA) is 106 Å². The monoisotopic (exact) mass is 563 g/mol. The molecule has 1 aromatic heterocycles. The molecule has 2 N–H and O–H groups in total. The molecule has 1 amide bonds. The molecule has 3 heterocycles. The zero-order valence-electron chi connectivity index (χ0n) is 22.9. The fourth-order valence-electron chi connectivity index (χ4n) is 6.92. The van der Waals surface area contributed by atoms with Crippen LogP contribution in [0, 0.1) is 16.7 Å². The Morgan fingerprint density at radius 2 is 1.82 bits per heavy atom. The number of rotatable bonds is 6. The number of piperidine rings is 1. The summed E-state index contributed by atoms with van der Waals surface area (Å²) in [6.07, 6.45) is 12.1. The third-order valence-corrected chi connectivity index (χ3v) is 9.71. The van der Waals surface area contributed by atoms with E-state index < -0.39 is 0 Å². The van der Waals surface area contributed by atoms with Gasteiger partial charge < -0.3 is 20.3 Å². The van der Waals surface area contributed by atoms with Crippen LogP contribution in [0.15, 0.2) is 30.6 Å². The molecule has 0 unspecified atom stereocenters. The van der Waals surface area contributed by atoms with Gasteiger partial charge >= 0.3 is 0 Å². The van der Waals surface area contributed by atoms with Crippen LogP contribution in [0.2, 0.25) is 5.02 Å². The van der Waals surface area contributed by atoms with Gasteiger partial charge in [0.25, 0.3) is 5.91 Å². The van der Waals surface area contributed by atoms with Crippen molar-refractivity contribution in [1.29, 1.82) is 5.26 Å². The van der Waals surface area contributed by atoms with Crippen LogP contribution in [0.4, 0.5) is 5.82 Å². The van der Waals surface area contributed by atoms with Crippen molar-refractivity contribution in [2.24, 2.45) is 5.41 Å². The highest BCUT2D eigenvalue weighted by Gasteiger charge is 2.46. The number of benzene rings is 1. The van der Waals surface area contributed by atoms with Crippen LogP contribution in [0.25, 0.3) is 0 Å². The number of amides is 1. The van der Waals surface area contributed by atoms with Gasteiger partial charge in [-0.3, -0.25) is 9.69 Å². The van der Waals surface area contributed by atoms with Gasteiger partial charge in [0, 0.05) is 44.3 Å². The lowest BCUT2D eigenvalue weighted by atomic mass is 9.60. The first-order valence-electron chi connectivity index (χ1n) is 14.7. The SMILES string of the molecule is N#Cc1ccc(OC2CCC(NC(=O)c3cnc(N4CCN(C5CC6(CCNCC6)C5)CC4)cn3)CC2)cc1Cl. The summed E-state index contributed by atoms with van der Waals surface area (Å²) >= 11 is 6.12. The van der Waals surface area contributed by atoms with Gasteiger partial charge in [-0.25, -0.2) is 9.97 Å². The molecule has 1 spiro atoms. The van der Waals surface area contributed by atoms with Crippen LogP contribution in [0.3, 0.4) is 0 Å². The van der Waals surface area contributed by atoms with E-state index in [1.807, 2.05) is 0 Å². The Kier molecular flexibility index (Phi) is 8.10. The standard InChI is InChI=1S/C30H38ClN7O2/c31-26-15-25(4-1-21(26)18-32)40-24-5-2-22(3-6-24)36-29(39)27-19-35-28(20-34-27)38-13-11-37(12-14-38)23-16-30(17-23)7-9-33-10-8-30/h1,4,15,19-20,22-24,33H,2-3,5-14,16-17H2,(H,36,39). The molecule has 40 heavy (non-hydrogen) atoms. The minimum atomic E-state index is -0.177. The van der Waals surface area contributed by atoms with E-state index in [2.05, 4.69) is 36.5 Å². The van der Waals surface area contributed by atoms with Crippen LogP contribution in [0.1, 0.15) is 67.4 Å². The van der Waals surface area contributed by atoms with E-state index in [9.17, 15) is 4.79 Å². The maximum absolute atomic E-state index is 12.8. The number of ether oxygens (including phenoxy) is 1. The number of carbonyl (C=O) groups is 1. The highest BCUT2D eigenvalue weighted by Crippen LogP contribution is 2.50. The summed E-state index contributed by atoms with van der Waals surface area (Å²) in [7, 11) is 0. The molecule has 6 rings (SSSR count). The molecule has 4 aliphatic rings. The summed E-state index contributed by atoms with van der Waals surface area (Å²) in [6.45, 7) is 6.39. The first-order valence-corrected chi connectivity index (χ1v) is 15.1. The molecular formula is C30H38ClN7O2. The van der Waals surface area contributed by atoms with Crippen LogP contribution in [-0.2, 0) is 0 Å². The molecule has 2 aliphatic carbocycles. The van der Waals surface area contributed by atoms with Gasteiger partial charge in [-0.1, -0.05) is 11.6 Å². The lowest BCUT2D eigenvalue weighted by Gasteiger charge is -2.55. The number of hydrogen-bond donors (Lipinski definition) is 2. The number of halogens is 1. The van der Waals surface area contributed by atoms with Gasteiger partial charge in [0.2, 0.25) is 0 Å². The van der Waals surface area contributed by atoms with Crippen molar-refractivity contribution in [3.05, 3.63) is 46.9 Å². The summed E-state index contributed by atoms with van der Waals surface area (Å²) in [5.41, 5.74) is 1.41. The number of nitriles is 1. The summed E-state index contributed by atoms with van der Waals surface area (Å²) in [4.78, 5) is 26.8. The number of nitrogens with one attached hydrogen (secondary N) is 2. The van der Waals surface area contributed by atoms with Crippen molar-refractivity contribution >= 4 is 23.3 Å². The molecule has 9 nitrogen and oxygen atoms in total. The Labute approximate surface area is 241 Å². The van der Waals surface area contributed by atoms with Gasteiger partial charge in [0.15, 0.2) is 0 Å². The summed E-state index contributed by atoms with van der Waals surface area (Å²) in [6, 6.07) is 8.03. The van der Waals surface area contributed by atoms with Crippen molar-refractivity contribution in [2.75, 3.05) is 44.2 Å². The van der Waals surface area contributed by atoms with Crippen molar-refractivity contribution in [3.63, 3.8) is 0 Å². The Morgan fingerprint density at radius 1 is 1.07 bits per heavy atom. The van der Waals surface area contributed by atoms with Crippen LogP contribution in [0.5, 0.6) is 5.75 Å². The minimum Gasteiger partial charge on any atom is -0.490 e. The molecule has 2 saturated carbocycles. The Bertz CT molecular complexity index is 1220. The molecule has 2 aliphatic heterocycles. The normalized spacial score (nSPS) is 25.1. The molecule has 2 saturated heterocycles. The molecule has 4 fully saturated rings. The van der Waals surface area contributed by atoms with E-state index in [0.717, 1.165) is 63.7 Å². The maximum atomic E-state index is 12.8. The third kappa shape index (κ3) is 6.04. The van der Waals surface area contributed by atoms with Gasteiger partial charge in [0.1, 0.15) is 23.3 Å². The van der Waals surface area contributed by atoms with E-state index in [1.165, 1.54) is 38.8 Å². The second-order valence-electron chi connectivity index (χ2n) is 11.9. The van der Waals surface area contributed by atoms with Crippen LogP contribution in [-0.4, -0.2) is 78.2 Å². The van der Waals surface area contributed by atoms with E-state index >= 15 is 0 Å². The average molecular weight is 564 g/mol. The number of anilines is 1. The highest BCUT2D eigenvalue weighted by molar-refractivity contribution is 6.31. The predicted octanol–water partition coefficient (Wildman–Crippen LogP) is 3.78. The molecule has 0 radical (unpaired) electrons. The second kappa shape index (κ2) is 11.9. The predicted molar refractivity (Wildman–Crippen MR) is 154 cm³/mol. The summed E-state index contributed by atoms with van der Waals surface area (Å²) < 4.78 is 6.06. The fraction of sp³-hybridized carbons (Fsp3) is 0.600. The van der Waals surface area contributed by atoms with Gasteiger partial charge in [-0.2, -0.15) is 5.26 Å². The highest BCUT2D eigenvalue weighted by atomic mass is 35.5. The zero-order chi connectivity index (χ0) is 27.5. The number of piperazine rings is 1. The Hall–Kier alpha value is -2.93. The lowest BCUT2D eigenvalue weighted by molar-refractivity contribution is -0.0224. The smallest absolute Gasteiger partial charge is 0.271 e. The molecule has 10 heteroatoms. The van der Waals surface area contributed by atoms with Crippen molar-refractivity contribution in [1.82, 2.24) is 25.5 Å². The van der Waals surface area contributed by atoms with E-state index in [0.29, 0.717) is 27.4 Å². The van der Waals surface area contributed by atoms with Crippen LogP contribution < -0.4 is 20.3 Å². The number of nitrogens with zero attached hydrogens (tertiary/aromatic N) is 5. The van der Waals surface area contributed by atoms with Crippen molar-refractivity contribution in [2.45, 2.75) is 69.6 Å². The fourth-order valence-corrected chi connectivity index (χ4v) is 7.13. The summed E-state index contributed by atoms with van der Waals surface area (Å²) in [5.74, 6) is 1.34. The molecular weight excluding hydrogens is 526 g/mol. The van der Waals surface area contributed by atoms with Gasteiger partial charge in [-0.15, -0.1) is 0 Å². The molecule has 2 aromatic rings. The Balaban J connectivity index is 0.926. The lowest BCUT2D eigenvalue weighted by Crippen LogP contribution is -2.58. The average Bonchev–Trinajstić information content (AvgIpc) is 2.98. The Morgan fingerprint density at radius 3 is 2.48 bits per heavy atom.